The summed E-state index contributed by atoms with van der Waals surface area (Å²) in [5.74, 6) is 0. The van der Waals surface area contributed by atoms with Crippen molar-refractivity contribution in [3.8, 4) is 33.4 Å². The van der Waals surface area contributed by atoms with Gasteiger partial charge in [0.25, 0.3) is 0 Å². The van der Waals surface area contributed by atoms with Gasteiger partial charge in [0.15, 0.2) is 0 Å². The second-order valence-electron chi connectivity index (χ2n) is 14.1. The summed E-state index contributed by atoms with van der Waals surface area (Å²) in [5, 5.41) is 7.24. The molecule has 0 aliphatic carbocycles. The quantitative estimate of drug-likeness (QED) is 0.170. The summed E-state index contributed by atoms with van der Waals surface area (Å²) < 4.78 is 8.91. The summed E-state index contributed by atoms with van der Waals surface area (Å²) in [7, 11) is 0. The van der Waals surface area contributed by atoms with Crippen LogP contribution in [-0.4, -0.2) is 0 Å². The van der Waals surface area contributed by atoms with E-state index in [1.165, 1.54) is 64.3 Å². The van der Waals surface area contributed by atoms with Gasteiger partial charge >= 0.3 is 0 Å². The molecule has 0 aliphatic rings. The minimum atomic E-state index is 0.882. The number of rotatable bonds is 6. The summed E-state index contributed by atoms with van der Waals surface area (Å²) in [6, 6.07) is 72.3. The third-order valence-corrected chi connectivity index (χ3v) is 12.1. The van der Waals surface area contributed by atoms with Gasteiger partial charge in [0.1, 0.15) is 11.2 Å². The van der Waals surface area contributed by atoms with Crippen LogP contribution in [0.5, 0.6) is 0 Å². The number of thiophene rings is 1. The van der Waals surface area contributed by atoms with E-state index in [0.29, 0.717) is 0 Å². The van der Waals surface area contributed by atoms with Gasteiger partial charge in [0.2, 0.25) is 0 Å². The van der Waals surface area contributed by atoms with Gasteiger partial charge in [-0.1, -0.05) is 152 Å². The zero-order valence-corrected chi connectivity index (χ0v) is 30.6. The average molecular weight is 720 g/mol. The van der Waals surface area contributed by atoms with Gasteiger partial charge in [-0.25, -0.2) is 0 Å². The van der Waals surface area contributed by atoms with Crippen molar-refractivity contribution >= 4 is 81.3 Å². The number of benzene rings is 9. The van der Waals surface area contributed by atoms with Crippen molar-refractivity contribution in [2.75, 3.05) is 4.90 Å². The number of fused-ring (bicyclic) bond motifs is 7. The van der Waals surface area contributed by atoms with E-state index in [-0.39, 0.29) is 0 Å². The van der Waals surface area contributed by atoms with E-state index >= 15 is 0 Å². The first-order chi connectivity index (χ1) is 27.3. The molecule has 11 rings (SSSR count). The second-order valence-corrected chi connectivity index (χ2v) is 15.1. The Morgan fingerprint density at radius 2 is 0.982 bits per heavy atom. The predicted octanol–water partition coefficient (Wildman–Crippen LogP) is 15.6. The molecule has 0 spiro atoms. The Labute approximate surface area is 322 Å². The molecule has 0 saturated heterocycles. The third-order valence-electron chi connectivity index (χ3n) is 10.9. The van der Waals surface area contributed by atoms with E-state index in [1.54, 1.807) is 0 Å². The molecule has 0 N–H and O–H groups in total. The molecule has 2 nitrogen and oxygen atoms in total. The highest BCUT2D eigenvalue weighted by atomic mass is 32.1. The maximum absolute atomic E-state index is 6.31. The fourth-order valence-electron chi connectivity index (χ4n) is 8.24. The Hall–Kier alpha value is -6.94. The molecule has 258 valence electrons. The van der Waals surface area contributed by atoms with Crippen molar-refractivity contribution in [2.45, 2.75) is 0 Å². The molecule has 11 aromatic rings. The van der Waals surface area contributed by atoms with E-state index in [9.17, 15) is 0 Å². The number of hydrogen-bond donors (Lipinski definition) is 0. The Balaban J connectivity index is 1.13. The maximum atomic E-state index is 6.31. The SMILES string of the molecule is c1ccc(-c2ccc(-c3ccc(N(c4ccc5oc6ccccc6c5c4)c4ccc5ccccc5c4-c4cccc5c4sc4ccccc45)cc3)cc2)cc1. The number of furan rings is 1. The lowest BCUT2D eigenvalue weighted by Gasteiger charge is -2.29. The Kier molecular flexibility index (Phi) is 7.39. The van der Waals surface area contributed by atoms with Gasteiger partial charge < -0.3 is 9.32 Å². The predicted molar refractivity (Wildman–Crippen MR) is 235 cm³/mol. The second kappa shape index (κ2) is 12.9. The van der Waals surface area contributed by atoms with Gasteiger partial charge in [-0.15, -0.1) is 11.3 Å². The first-order valence-corrected chi connectivity index (χ1v) is 19.5. The lowest BCUT2D eigenvalue weighted by molar-refractivity contribution is 0.669. The van der Waals surface area contributed by atoms with E-state index in [4.69, 9.17) is 4.42 Å². The van der Waals surface area contributed by atoms with Crippen molar-refractivity contribution in [1.29, 1.82) is 0 Å². The van der Waals surface area contributed by atoms with Gasteiger partial charge in [-0.3, -0.25) is 0 Å². The molecule has 0 bridgehead atoms. The smallest absolute Gasteiger partial charge is 0.135 e. The van der Waals surface area contributed by atoms with Crippen LogP contribution < -0.4 is 4.90 Å². The van der Waals surface area contributed by atoms with Crippen LogP contribution in [0.25, 0.3) is 86.3 Å². The summed E-state index contributed by atoms with van der Waals surface area (Å²) in [6.45, 7) is 0. The third kappa shape index (κ3) is 5.32. The summed E-state index contributed by atoms with van der Waals surface area (Å²) in [4.78, 5) is 2.43. The van der Waals surface area contributed by atoms with E-state index in [2.05, 4.69) is 193 Å². The molecule has 55 heavy (non-hydrogen) atoms. The Morgan fingerprint density at radius 3 is 1.78 bits per heavy atom. The summed E-state index contributed by atoms with van der Waals surface area (Å²) in [6.07, 6.45) is 0. The van der Waals surface area contributed by atoms with Crippen LogP contribution in [0, 0.1) is 0 Å². The van der Waals surface area contributed by atoms with Gasteiger partial charge in [-0.05, 0) is 81.6 Å². The molecular weight excluding hydrogens is 687 g/mol. The normalized spacial score (nSPS) is 11.6. The number of hydrogen-bond acceptors (Lipinski definition) is 3. The number of nitrogens with zero attached hydrogens (tertiary/aromatic N) is 1. The molecule has 0 fully saturated rings. The minimum Gasteiger partial charge on any atom is -0.456 e. The molecule has 2 aromatic heterocycles. The largest absolute Gasteiger partial charge is 0.456 e. The minimum absolute atomic E-state index is 0.882. The molecule has 9 aromatic carbocycles. The van der Waals surface area contributed by atoms with Crippen LogP contribution in [0.4, 0.5) is 17.1 Å². The zero-order valence-electron chi connectivity index (χ0n) is 29.8. The van der Waals surface area contributed by atoms with Crippen molar-refractivity contribution in [2.24, 2.45) is 0 Å². The first kappa shape index (κ1) is 31.6. The molecule has 0 radical (unpaired) electrons. The standard InChI is InChI=1S/C52H33NOS/c1-2-11-34(12-3-1)35-21-23-36(24-22-35)37-25-28-39(29-26-37)53(40-30-32-49-46(33-40)42-15-6-8-19-48(42)54-49)47-31-27-38-13-4-5-14-41(38)51(47)45-18-10-17-44-43-16-7-9-20-50(43)55-52(44)45/h1-33H. The first-order valence-electron chi connectivity index (χ1n) is 18.7. The van der Waals surface area contributed by atoms with Crippen LogP contribution in [0.1, 0.15) is 0 Å². The van der Waals surface area contributed by atoms with Crippen LogP contribution in [-0.2, 0) is 0 Å². The van der Waals surface area contributed by atoms with Gasteiger partial charge in [0, 0.05) is 53.4 Å². The molecule has 0 saturated carbocycles. The van der Waals surface area contributed by atoms with Crippen LogP contribution in [0.15, 0.2) is 205 Å². The Bertz CT molecular complexity index is 3190. The Morgan fingerprint density at radius 1 is 0.382 bits per heavy atom. The lowest BCUT2D eigenvalue weighted by atomic mass is 9.93. The molecule has 0 amide bonds. The van der Waals surface area contributed by atoms with E-state index in [1.807, 2.05) is 23.5 Å². The van der Waals surface area contributed by atoms with Crippen molar-refractivity contribution in [3.05, 3.63) is 200 Å². The van der Waals surface area contributed by atoms with Crippen molar-refractivity contribution < 1.29 is 4.42 Å². The molecule has 2 heterocycles. The number of para-hydroxylation sites is 1. The van der Waals surface area contributed by atoms with Gasteiger partial charge in [0.05, 0.1) is 5.69 Å². The maximum Gasteiger partial charge on any atom is 0.135 e. The van der Waals surface area contributed by atoms with Crippen LogP contribution in [0.2, 0.25) is 0 Å². The van der Waals surface area contributed by atoms with E-state index in [0.717, 1.165) is 39.0 Å². The average Bonchev–Trinajstić information content (AvgIpc) is 3.83. The molecular formula is C52H33NOS. The molecule has 3 heteroatoms. The highest BCUT2D eigenvalue weighted by Gasteiger charge is 2.23. The fraction of sp³-hybridized carbons (Fsp3) is 0. The molecule has 0 atom stereocenters. The zero-order chi connectivity index (χ0) is 36.3. The van der Waals surface area contributed by atoms with Crippen molar-refractivity contribution in [1.82, 2.24) is 0 Å². The topological polar surface area (TPSA) is 16.4 Å². The highest BCUT2D eigenvalue weighted by Crippen LogP contribution is 2.49. The summed E-state index contributed by atoms with van der Waals surface area (Å²) in [5.41, 5.74) is 12.3. The van der Waals surface area contributed by atoms with Gasteiger partial charge in [-0.2, -0.15) is 0 Å². The van der Waals surface area contributed by atoms with Crippen LogP contribution in [0.3, 0.4) is 0 Å². The molecule has 0 unspecified atom stereocenters. The monoisotopic (exact) mass is 719 g/mol. The van der Waals surface area contributed by atoms with Crippen LogP contribution >= 0.6 is 11.3 Å². The van der Waals surface area contributed by atoms with Crippen molar-refractivity contribution in [3.63, 3.8) is 0 Å². The molecule has 0 aliphatic heterocycles. The number of anilines is 3. The summed E-state index contributed by atoms with van der Waals surface area (Å²) >= 11 is 1.88. The van der Waals surface area contributed by atoms with E-state index < -0.39 is 0 Å². The lowest BCUT2D eigenvalue weighted by Crippen LogP contribution is -2.11. The highest BCUT2D eigenvalue weighted by molar-refractivity contribution is 7.26. The fourth-order valence-corrected chi connectivity index (χ4v) is 9.47.